The second kappa shape index (κ2) is 10.0. The minimum absolute atomic E-state index is 0.0765. The Hall–Kier alpha value is -1.79. The molecule has 0 spiro atoms. The molecular weight excluding hydrogens is 262 g/mol. The van der Waals surface area contributed by atoms with Crippen LogP contribution < -0.4 is 5.32 Å². The molecule has 3 nitrogen and oxygen atoms in total. The molecule has 3 heteroatoms. The molecule has 0 fully saturated rings. The number of nitrogens with one attached hydrogen (secondary N) is 1. The van der Waals surface area contributed by atoms with Gasteiger partial charge in [0.2, 0.25) is 0 Å². The van der Waals surface area contributed by atoms with E-state index in [1.165, 1.54) is 0 Å². The Labute approximate surface area is 127 Å². The summed E-state index contributed by atoms with van der Waals surface area (Å²) in [6.07, 6.45) is 5.32. The van der Waals surface area contributed by atoms with E-state index in [2.05, 4.69) is 31.0 Å². The van der Waals surface area contributed by atoms with Crippen LogP contribution >= 0.6 is 0 Å². The van der Waals surface area contributed by atoms with Crippen molar-refractivity contribution in [2.45, 2.75) is 52.0 Å². The SMILES string of the molecule is CCCCC(CCC)NC(=O)c1ccccc1C#CCO. The first-order chi connectivity index (χ1) is 10.2. The van der Waals surface area contributed by atoms with Crippen molar-refractivity contribution in [1.29, 1.82) is 0 Å². The van der Waals surface area contributed by atoms with E-state index >= 15 is 0 Å². The van der Waals surface area contributed by atoms with Crippen LogP contribution in [0.5, 0.6) is 0 Å². The Balaban J connectivity index is 2.81. The van der Waals surface area contributed by atoms with E-state index in [4.69, 9.17) is 5.11 Å². The molecule has 1 rings (SSSR count). The van der Waals surface area contributed by atoms with Crippen molar-refractivity contribution in [1.82, 2.24) is 5.32 Å². The molecule has 114 valence electrons. The van der Waals surface area contributed by atoms with E-state index in [0.717, 1.165) is 32.1 Å². The fraction of sp³-hybridized carbons (Fsp3) is 0.500. The van der Waals surface area contributed by atoms with Gasteiger partial charge in [-0.05, 0) is 25.0 Å². The molecule has 0 bridgehead atoms. The molecule has 0 saturated carbocycles. The summed E-state index contributed by atoms with van der Waals surface area (Å²) in [4.78, 5) is 12.4. The molecule has 0 aliphatic carbocycles. The molecule has 0 heterocycles. The zero-order valence-electron chi connectivity index (χ0n) is 13.0. The average Bonchev–Trinajstić information content (AvgIpc) is 2.51. The second-order valence-electron chi connectivity index (χ2n) is 5.11. The first kappa shape index (κ1) is 17.3. The number of hydrogen-bond donors (Lipinski definition) is 2. The molecular formula is C18H25NO2. The van der Waals surface area contributed by atoms with Crippen molar-refractivity contribution in [3.8, 4) is 11.8 Å². The van der Waals surface area contributed by atoms with Crippen molar-refractivity contribution >= 4 is 5.91 Å². The summed E-state index contributed by atoms with van der Waals surface area (Å²) in [6, 6.07) is 7.48. The number of aliphatic hydroxyl groups excluding tert-OH is 1. The number of benzene rings is 1. The van der Waals surface area contributed by atoms with Crippen molar-refractivity contribution in [2.75, 3.05) is 6.61 Å². The normalized spacial score (nSPS) is 11.4. The topological polar surface area (TPSA) is 49.3 Å². The van der Waals surface area contributed by atoms with Crippen LogP contribution in [0.15, 0.2) is 24.3 Å². The van der Waals surface area contributed by atoms with Gasteiger partial charge in [-0.3, -0.25) is 4.79 Å². The summed E-state index contributed by atoms with van der Waals surface area (Å²) in [6.45, 7) is 4.08. The van der Waals surface area contributed by atoms with E-state index in [-0.39, 0.29) is 18.6 Å². The maximum Gasteiger partial charge on any atom is 0.252 e. The number of carbonyl (C=O) groups is 1. The maximum absolute atomic E-state index is 12.4. The molecule has 1 atom stereocenters. The minimum atomic E-state index is -0.203. The van der Waals surface area contributed by atoms with Gasteiger partial charge in [-0.2, -0.15) is 0 Å². The first-order valence-electron chi connectivity index (χ1n) is 7.72. The summed E-state index contributed by atoms with van der Waals surface area (Å²) >= 11 is 0. The highest BCUT2D eigenvalue weighted by atomic mass is 16.2. The molecule has 0 aliphatic heterocycles. The molecule has 21 heavy (non-hydrogen) atoms. The Kier molecular flexibility index (Phi) is 8.23. The van der Waals surface area contributed by atoms with Crippen molar-refractivity contribution in [3.05, 3.63) is 35.4 Å². The molecule has 0 saturated heterocycles. The highest BCUT2D eigenvalue weighted by Gasteiger charge is 2.14. The smallest absolute Gasteiger partial charge is 0.252 e. The molecule has 2 N–H and O–H groups in total. The highest BCUT2D eigenvalue weighted by Crippen LogP contribution is 2.11. The Morgan fingerprint density at radius 3 is 2.67 bits per heavy atom. The Bertz CT molecular complexity index is 499. The van der Waals surface area contributed by atoms with Gasteiger partial charge < -0.3 is 10.4 Å². The van der Waals surface area contributed by atoms with E-state index in [0.29, 0.717) is 11.1 Å². The van der Waals surface area contributed by atoms with Crippen molar-refractivity contribution < 1.29 is 9.90 Å². The summed E-state index contributed by atoms with van der Waals surface area (Å²) in [5.41, 5.74) is 1.24. The van der Waals surface area contributed by atoms with Crippen LogP contribution in [-0.2, 0) is 0 Å². The van der Waals surface area contributed by atoms with Gasteiger partial charge >= 0.3 is 0 Å². The lowest BCUT2D eigenvalue weighted by Gasteiger charge is -2.18. The van der Waals surface area contributed by atoms with Crippen LogP contribution in [0.1, 0.15) is 61.9 Å². The first-order valence-corrected chi connectivity index (χ1v) is 7.72. The predicted octanol–water partition coefficient (Wildman–Crippen LogP) is 3.12. The summed E-state index contributed by atoms with van der Waals surface area (Å²) in [7, 11) is 0. The predicted molar refractivity (Wildman–Crippen MR) is 86.1 cm³/mol. The highest BCUT2D eigenvalue weighted by molar-refractivity contribution is 5.96. The van der Waals surface area contributed by atoms with Crippen LogP contribution in [0.4, 0.5) is 0 Å². The van der Waals surface area contributed by atoms with Gasteiger partial charge in [-0.1, -0.05) is 57.1 Å². The Morgan fingerprint density at radius 2 is 2.00 bits per heavy atom. The van der Waals surface area contributed by atoms with E-state index in [9.17, 15) is 4.79 Å². The van der Waals surface area contributed by atoms with Gasteiger partial charge in [0.15, 0.2) is 0 Å². The van der Waals surface area contributed by atoms with Crippen LogP contribution in [-0.4, -0.2) is 23.7 Å². The van der Waals surface area contributed by atoms with Crippen LogP contribution in [0.25, 0.3) is 0 Å². The lowest BCUT2D eigenvalue weighted by molar-refractivity contribution is 0.0932. The number of aliphatic hydroxyl groups is 1. The standard InChI is InChI=1S/C18H25NO2/c1-3-5-12-16(9-4-2)19-18(21)17-13-7-6-10-15(17)11-8-14-20/h6-7,10,13,16,20H,3-5,9,12,14H2,1-2H3,(H,19,21). The van der Waals surface area contributed by atoms with Crippen molar-refractivity contribution in [2.24, 2.45) is 0 Å². The van der Waals surface area contributed by atoms with Gasteiger partial charge in [0, 0.05) is 11.6 Å². The van der Waals surface area contributed by atoms with E-state index < -0.39 is 0 Å². The largest absolute Gasteiger partial charge is 0.384 e. The van der Waals surface area contributed by atoms with Crippen LogP contribution in [0, 0.1) is 11.8 Å². The fourth-order valence-corrected chi connectivity index (χ4v) is 2.28. The van der Waals surface area contributed by atoms with Crippen LogP contribution in [0.3, 0.4) is 0 Å². The Morgan fingerprint density at radius 1 is 1.24 bits per heavy atom. The van der Waals surface area contributed by atoms with E-state index in [1.54, 1.807) is 12.1 Å². The van der Waals surface area contributed by atoms with E-state index in [1.807, 2.05) is 12.1 Å². The molecule has 0 aliphatic rings. The number of carbonyl (C=O) groups excluding carboxylic acids is 1. The zero-order chi connectivity index (χ0) is 15.5. The third-order valence-corrected chi connectivity index (χ3v) is 3.35. The molecule has 0 radical (unpaired) electrons. The summed E-state index contributed by atoms with van der Waals surface area (Å²) in [5.74, 6) is 5.35. The number of amides is 1. The number of hydrogen-bond acceptors (Lipinski definition) is 2. The number of rotatable bonds is 7. The maximum atomic E-state index is 12.4. The zero-order valence-corrected chi connectivity index (χ0v) is 13.0. The van der Waals surface area contributed by atoms with Gasteiger partial charge in [-0.25, -0.2) is 0 Å². The van der Waals surface area contributed by atoms with Gasteiger partial charge in [0.1, 0.15) is 6.61 Å². The minimum Gasteiger partial charge on any atom is -0.384 e. The van der Waals surface area contributed by atoms with Gasteiger partial charge in [0.25, 0.3) is 5.91 Å². The third-order valence-electron chi connectivity index (χ3n) is 3.35. The monoisotopic (exact) mass is 287 g/mol. The second-order valence-corrected chi connectivity index (χ2v) is 5.11. The fourth-order valence-electron chi connectivity index (χ4n) is 2.28. The summed E-state index contributed by atoms with van der Waals surface area (Å²) < 4.78 is 0. The van der Waals surface area contributed by atoms with Gasteiger partial charge in [-0.15, -0.1) is 0 Å². The molecule has 1 aromatic carbocycles. The van der Waals surface area contributed by atoms with Crippen molar-refractivity contribution in [3.63, 3.8) is 0 Å². The quantitative estimate of drug-likeness (QED) is 0.757. The average molecular weight is 287 g/mol. The van der Waals surface area contributed by atoms with Crippen LogP contribution in [0.2, 0.25) is 0 Å². The third kappa shape index (κ3) is 6.01. The summed E-state index contributed by atoms with van der Waals surface area (Å²) in [5, 5.41) is 11.9. The number of unbranched alkanes of at least 4 members (excludes halogenated alkanes) is 1. The molecule has 0 aromatic heterocycles. The lowest BCUT2D eigenvalue weighted by Crippen LogP contribution is -2.35. The van der Waals surface area contributed by atoms with Gasteiger partial charge in [0.05, 0.1) is 5.56 Å². The molecule has 1 aromatic rings. The molecule has 1 unspecified atom stereocenters. The molecule has 1 amide bonds. The lowest BCUT2D eigenvalue weighted by atomic mass is 10.0.